The van der Waals surface area contributed by atoms with Gasteiger partial charge in [-0.25, -0.2) is 0 Å². The van der Waals surface area contributed by atoms with Crippen molar-refractivity contribution in [3.63, 3.8) is 0 Å². The molecule has 0 aliphatic heterocycles. The van der Waals surface area contributed by atoms with E-state index in [2.05, 4.69) is 31.0 Å². The number of carbonyl (C=O) groups excluding carboxylic acids is 1. The standard InChI is InChI=1S/C17H28N2O2/c1-17(2,3)10-15(12-20)18-16(21)14-8-6-13(7-9-14)11-19(4)5/h6-9,15,20H,10-12H2,1-5H3,(H,18,21). The molecule has 1 aromatic rings. The van der Waals surface area contributed by atoms with Gasteiger partial charge in [0.25, 0.3) is 5.91 Å². The molecule has 118 valence electrons. The molecule has 1 unspecified atom stereocenters. The average Bonchev–Trinajstić information content (AvgIpc) is 2.36. The largest absolute Gasteiger partial charge is 0.394 e. The van der Waals surface area contributed by atoms with E-state index in [0.717, 1.165) is 13.0 Å². The molecule has 0 saturated heterocycles. The molecule has 0 aliphatic carbocycles. The van der Waals surface area contributed by atoms with E-state index in [1.807, 2.05) is 38.4 Å². The number of rotatable bonds is 6. The summed E-state index contributed by atoms with van der Waals surface area (Å²) in [6.07, 6.45) is 0.744. The highest BCUT2D eigenvalue weighted by Crippen LogP contribution is 2.20. The van der Waals surface area contributed by atoms with Crippen molar-refractivity contribution in [3.8, 4) is 0 Å². The average molecular weight is 292 g/mol. The van der Waals surface area contributed by atoms with Crippen LogP contribution in [0, 0.1) is 5.41 Å². The molecule has 1 aromatic carbocycles. The summed E-state index contributed by atoms with van der Waals surface area (Å²) in [5.74, 6) is -0.130. The van der Waals surface area contributed by atoms with E-state index in [4.69, 9.17) is 0 Å². The van der Waals surface area contributed by atoms with Gasteiger partial charge in [0, 0.05) is 12.1 Å². The number of nitrogens with one attached hydrogen (secondary N) is 1. The summed E-state index contributed by atoms with van der Waals surface area (Å²) in [4.78, 5) is 14.3. The lowest BCUT2D eigenvalue weighted by Crippen LogP contribution is -2.40. The number of hydrogen-bond acceptors (Lipinski definition) is 3. The Morgan fingerprint density at radius 2 is 1.81 bits per heavy atom. The van der Waals surface area contributed by atoms with Gasteiger partial charge in [-0.3, -0.25) is 4.79 Å². The highest BCUT2D eigenvalue weighted by Gasteiger charge is 2.20. The third-order valence-electron chi connectivity index (χ3n) is 3.13. The topological polar surface area (TPSA) is 52.6 Å². The van der Waals surface area contributed by atoms with Gasteiger partial charge in [0.15, 0.2) is 0 Å². The maximum Gasteiger partial charge on any atom is 0.251 e. The maximum absolute atomic E-state index is 12.2. The molecule has 0 saturated carbocycles. The first-order valence-electron chi connectivity index (χ1n) is 7.36. The number of benzene rings is 1. The molecule has 0 fully saturated rings. The molecule has 1 amide bonds. The van der Waals surface area contributed by atoms with Gasteiger partial charge in [-0.1, -0.05) is 32.9 Å². The third-order valence-corrected chi connectivity index (χ3v) is 3.13. The van der Waals surface area contributed by atoms with E-state index in [9.17, 15) is 9.90 Å². The molecule has 4 heteroatoms. The Hall–Kier alpha value is -1.39. The SMILES string of the molecule is CN(C)Cc1ccc(C(=O)NC(CO)CC(C)(C)C)cc1. The smallest absolute Gasteiger partial charge is 0.251 e. The zero-order valence-corrected chi connectivity index (χ0v) is 13.8. The molecule has 4 nitrogen and oxygen atoms in total. The summed E-state index contributed by atoms with van der Waals surface area (Å²) in [7, 11) is 4.03. The first kappa shape index (κ1) is 17.7. The molecule has 0 bridgehead atoms. The number of hydrogen-bond donors (Lipinski definition) is 2. The molecule has 0 aliphatic rings. The lowest BCUT2D eigenvalue weighted by atomic mass is 9.88. The molecule has 21 heavy (non-hydrogen) atoms. The lowest BCUT2D eigenvalue weighted by Gasteiger charge is -2.25. The van der Waals surface area contributed by atoms with Gasteiger partial charge in [0.2, 0.25) is 0 Å². The van der Waals surface area contributed by atoms with Crippen LogP contribution < -0.4 is 5.32 Å². The molecule has 0 aromatic heterocycles. The van der Waals surface area contributed by atoms with Gasteiger partial charge >= 0.3 is 0 Å². The molecular formula is C17H28N2O2. The Morgan fingerprint density at radius 3 is 2.24 bits per heavy atom. The summed E-state index contributed by atoms with van der Waals surface area (Å²) < 4.78 is 0. The van der Waals surface area contributed by atoms with Gasteiger partial charge in [-0.05, 0) is 43.6 Å². The Balaban J connectivity index is 2.66. The van der Waals surface area contributed by atoms with Crippen molar-refractivity contribution in [2.24, 2.45) is 5.41 Å². The minimum absolute atomic E-state index is 0.0400. The number of nitrogens with zero attached hydrogens (tertiary/aromatic N) is 1. The Morgan fingerprint density at radius 1 is 1.24 bits per heavy atom. The van der Waals surface area contributed by atoms with E-state index < -0.39 is 0 Å². The van der Waals surface area contributed by atoms with Gasteiger partial charge in [0.05, 0.1) is 12.6 Å². The molecule has 2 N–H and O–H groups in total. The normalized spacial score (nSPS) is 13.3. The fraction of sp³-hybridized carbons (Fsp3) is 0.588. The van der Waals surface area contributed by atoms with E-state index in [1.54, 1.807) is 0 Å². The molecule has 1 atom stereocenters. The number of aliphatic hydroxyl groups excluding tert-OH is 1. The van der Waals surface area contributed by atoms with E-state index in [0.29, 0.717) is 5.56 Å². The van der Waals surface area contributed by atoms with Crippen LogP contribution in [0.1, 0.15) is 43.1 Å². The second-order valence-corrected chi connectivity index (χ2v) is 7.05. The number of carbonyl (C=O) groups is 1. The van der Waals surface area contributed by atoms with Crippen LogP contribution in [0.2, 0.25) is 0 Å². The van der Waals surface area contributed by atoms with Crippen LogP contribution in [0.5, 0.6) is 0 Å². The van der Waals surface area contributed by atoms with Crippen molar-refractivity contribution in [2.45, 2.75) is 39.8 Å². The molecule has 0 radical (unpaired) electrons. The van der Waals surface area contributed by atoms with Crippen molar-refractivity contribution in [3.05, 3.63) is 35.4 Å². The second kappa shape index (κ2) is 7.57. The van der Waals surface area contributed by atoms with Crippen molar-refractivity contribution >= 4 is 5.91 Å². The number of aliphatic hydroxyl groups is 1. The van der Waals surface area contributed by atoms with Crippen LogP contribution >= 0.6 is 0 Å². The Labute approximate surface area is 128 Å². The van der Waals surface area contributed by atoms with Gasteiger partial charge < -0.3 is 15.3 Å². The van der Waals surface area contributed by atoms with Crippen molar-refractivity contribution in [1.82, 2.24) is 10.2 Å². The van der Waals surface area contributed by atoms with Gasteiger partial charge in [-0.2, -0.15) is 0 Å². The highest BCUT2D eigenvalue weighted by molar-refractivity contribution is 5.94. The van der Waals surface area contributed by atoms with Crippen molar-refractivity contribution in [1.29, 1.82) is 0 Å². The zero-order valence-electron chi connectivity index (χ0n) is 13.8. The van der Waals surface area contributed by atoms with E-state index in [-0.39, 0.29) is 24.0 Å². The van der Waals surface area contributed by atoms with Crippen LogP contribution in [0.4, 0.5) is 0 Å². The fourth-order valence-electron chi connectivity index (χ4n) is 2.30. The van der Waals surface area contributed by atoms with Crippen LogP contribution in [-0.2, 0) is 6.54 Å². The van der Waals surface area contributed by atoms with Crippen molar-refractivity contribution in [2.75, 3.05) is 20.7 Å². The first-order chi connectivity index (χ1) is 9.71. The van der Waals surface area contributed by atoms with Crippen LogP contribution in [-0.4, -0.2) is 42.7 Å². The van der Waals surface area contributed by atoms with Crippen LogP contribution in [0.25, 0.3) is 0 Å². The summed E-state index contributed by atoms with van der Waals surface area (Å²) >= 11 is 0. The minimum Gasteiger partial charge on any atom is -0.394 e. The van der Waals surface area contributed by atoms with Gasteiger partial charge in [0.1, 0.15) is 0 Å². The summed E-state index contributed by atoms with van der Waals surface area (Å²) in [6.45, 7) is 7.10. The summed E-state index contributed by atoms with van der Waals surface area (Å²) in [5.41, 5.74) is 1.87. The first-order valence-corrected chi connectivity index (χ1v) is 7.36. The molecule has 0 spiro atoms. The second-order valence-electron chi connectivity index (χ2n) is 7.05. The molecular weight excluding hydrogens is 264 g/mol. The quantitative estimate of drug-likeness (QED) is 0.846. The molecule has 1 rings (SSSR count). The summed E-state index contributed by atoms with van der Waals surface area (Å²) in [5, 5.41) is 12.3. The Kier molecular flexibility index (Phi) is 6.37. The predicted octanol–water partition coefficient (Wildman–Crippen LogP) is 2.28. The zero-order chi connectivity index (χ0) is 16.0. The van der Waals surface area contributed by atoms with Crippen LogP contribution in [0.3, 0.4) is 0 Å². The predicted molar refractivity (Wildman–Crippen MR) is 86.2 cm³/mol. The lowest BCUT2D eigenvalue weighted by molar-refractivity contribution is 0.0897. The monoisotopic (exact) mass is 292 g/mol. The number of amides is 1. The van der Waals surface area contributed by atoms with E-state index >= 15 is 0 Å². The van der Waals surface area contributed by atoms with Crippen molar-refractivity contribution < 1.29 is 9.90 Å². The summed E-state index contributed by atoms with van der Waals surface area (Å²) in [6, 6.07) is 7.39. The molecule has 0 heterocycles. The van der Waals surface area contributed by atoms with Gasteiger partial charge in [-0.15, -0.1) is 0 Å². The third kappa shape index (κ3) is 6.74. The van der Waals surface area contributed by atoms with E-state index in [1.165, 1.54) is 5.56 Å². The highest BCUT2D eigenvalue weighted by atomic mass is 16.3. The minimum atomic E-state index is -0.209. The Bertz CT molecular complexity index is 447. The van der Waals surface area contributed by atoms with Crippen LogP contribution in [0.15, 0.2) is 24.3 Å². The fourth-order valence-corrected chi connectivity index (χ4v) is 2.30. The maximum atomic E-state index is 12.2.